The normalized spacial score (nSPS) is 10.2. The van der Waals surface area contributed by atoms with E-state index < -0.39 is 8.07 Å². The van der Waals surface area contributed by atoms with Crippen molar-refractivity contribution in [2.75, 3.05) is 19.0 Å². The van der Waals surface area contributed by atoms with Gasteiger partial charge >= 0.3 is 0 Å². The van der Waals surface area contributed by atoms with Gasteiger partial charge in [-0.25, -0.2) is 0 Å². The zero-order chi connectivity index (χ0) is 17.5. The largest absolute Gasteiger partial charge is 0.378 e. The van der Waals surface area contributed by atoms with Gasteiger partial charge in [-0.05, 0) is 29.8 Å². The predicted molar refractivity (Wildman–Crippen MR) is 99.2 cm³/mol. The summed E-state index contributed by atoms with van der Waals surface area (Å²) in [5.74, 6) is 3.03. The minimum atomic E-state index is -1.44. The fourth-order valence-corrected chi connectivity index (χ4v) is 2.31. The molecule has 0 atom stereocenters. The van der Waals surface area contributed by atoms with Crippen molar-refractivity contribution < 1.29 is 0 Å². The minimum Gasteiger partial charge on any atom is -0.378 e. The second-order valence-corrected chi connectivity index (χ2v) is 11.1. The van der Waals surface area contributed by atoms with Gasteiger partial charge in [-0.1, -0.05) is 37.7 Å². The quantitative estimate of drug-likeness (QED) is 0.366. The summed E-state index contributed by atoms with van der Waals surface area (Å²) in [4.78, 5) is 2.00. The summed E-state index contributed by atoms with van der Waals surface area (Å²) < 4.78 is 0. The first kappa shape index (κ1) is 18.3. The molecule has 0 N–H and O–H groups in total. The minimum absolute atomic E-state index is 0.0913. The number of allylic oxidation sites excluding steroid dienone is 4. The molecule has 0 aliphatic heterocycles. The summed E-state index contributed by atoms with van der Waals surface area (Å²) >= 11 is 0. The lowest BCUT2D eigenvalue weighted by Crippen LogP contribution is -2.16. The first-order valence-corrected chi connectivity index (χ1v) is 10.8. The van der Waals surface area contributed by atoms with Crippen LogP contribution < -0.4 is 4.90 Å². The van der Waals surface area contributed by atoms with E-state index in [0.717, 1.165) is 11.3 Å². The highest BCUT2D eigenvalue weighted by Gasteiger charge is 2.08. The number of anilines is 1. The fraction of sp³-hybridized carbons (Fsp3) is 0.263. The van der Waals surface area contributed by atoms with Gasteiger partial charge in [0.2, 0.25) is 0 Å². The molecule has 3 nitrogen and oxygen atoms in total. The Labute approximate surface area is 140 Å². The van der Waals surface area contributed by atoms with Crippen LogP contribution in [0, 0.1) is 34.1 Å². The van der Waals surface area contributed by atoms with E-state index in [4.69, 9.17) is 0 Å². The van der Waals surface area contributed by atoms with Crippen molar-refractivity contribution in [1.29, 1.82) is 10.5 Å². The summed E-state index contributed by atoms with van der Waals surface area (Å²) in [6.07, 6.45) is 3.47. The van der Waals surface area contributed by atoms with E-state index in [-0.39, 0.29) is 5.57 Å². The summed E-state index contributed by atoms with van der Waals surface area (Å²) in [6, 6.07) is 11.7. The second kappa shape index (κ2) is 8.04. The third-order valence-electron chi connectivity index (χ3n) is 2.97. The number of hydrogen-bond acceptors (Lipinski definition) is 3. The van der Waals surface area contributed by atoms with Crippen molar-refractivity contribution in [2.45, 2.75) is 19.6 Å². The van der Waals surface area contributed by atoms with Crippen molar-refractivity contribution in [1.82, 2.24) is 0 Å². The van der Waals surface area contributed by atoms with E-state index in [0.29, 0.717) is 5.57 Å². The fourth-order valence-electron chi connectivity index (χ4n) is 1.79. The van der Waals surface area contributed by atoms with Crippen LogP contribution in [0.1, 0.15) is 5.56 Å². The Morgan fingerprint density at radius 3 is 2.04 bits per heavy atom. The van der Waals surface area contributed by atoms with Crippen LogP contribution in [-0.4, -0.2) is 22.2 Å². The number of benzene rings is 1. The summed E-state index contributed by atoms with van der Waals surface area (Å²) in [7, 11) is 2.50. The third-order valence-corrected chi connectivity index (χ3v) is 3.86. The second-order valence-electron chi connectivity index (χ2n) is 6.31. The standard InChI is InChI=1S/C19H21N3Si/c1-22(2)18-11-9-16(10-12-18)19(17(14-20)15-21)8-6-7-13-23(3,4)5/h6,8-12H,1-5H3/b8-6+. The molecule has 0 amide bonds. The lowest BCUT2D eigenvalue weighted by Gasteiger charge is -2.13. The molecule has 0 saturated carbocycles. The molecule has 1 aromatic rings. The molecule has 0 saturated heterocycles. The van der Waals surface area contributed by atoms with E-state index in [2.05, 4.69) is 31.1 Å². The molecule has 0 bridgehead atoms. The molecule has 0 radical (unpaired) electrons. The van der Waals surface area contributed by atoms with Gasteiger partial charge in [0.15, 0.2) is 0 Å². The maximum atomic E-state index is 9.18. The molecule has 1 aromatic carbocycles. The Hall–Kier alpha value is -2.74. The lowest BCUT2D eigenvalue weighted by atomic mass is 10.00. The van der Waals surface area contributed by atoms with Crippen molar-refractivity contribution in [3.63, 3.8) is 0 Å². The predicted octanol–water partition coefficient (Wildman–Crippen LogP) is 3.99. The zero-order valence-corrected chi connectivity index (χ0v) is 15.3. The number of hydrogen-bond donors (Lipinski definition) is 0. The topological polar surface area (TPSA) is 50.8 Å². The molecule has 0 heterocycles. The Bertz CT molecular complexity index is 737. The van der Waals surface area contributed by atoms with Crippen LogP contribution in [0.25, 0.3) is 5.57 Å². The molecule has 1 rings (SSSR count). The molecule has 0 unspecified atom stereocenters. The van der Waals surface area contributed by atoms with Crippen LogP contribution in [0.3, 0.4) is 0 Å². The molecular formula is C19H21N3Si. The smallest absolute Gasteiger partial charge is 0.137 e. The Morgan fingerprint density at radius 1 is 1.04 bits per heavy atom. The maximum absolute atomic E-state index is 9.18. The average Bonchev–Trinajstić information content (AvgIpc) is 2.49. The maximum Gasteiger partial charge on any atom is 0.137 e. The van der Waals surface area contributed by atoms with Gasteiger partial charge in [0, 0.05) is 25.4 Å². The Morgan fingerprint density at radius 2 is 1.61 bits per heavy atom. The van der Waals surface area contributed by atoms with Gasteiger partial charge in [0.25, 0.3) is 0 Å². The van der Waals surface area contributed by atoms with Crippen LogP contribution in [0.5, 0.6) is 0 Å². The van der Waals surface area contributed by atoms with Gasteiger partial charge in [0.05, 0.1) is 0 Å². The highest BCUT2D eigenvalue weighted by atomic mass is 28.3. The average molecular weight is 319 g/mol. The summed E-state index contributed by atoms with van der Waals surface area (Å²) in [5, 5.41) is 18.4. The molecule has 23 heavy (non-hydrogen) atoms. The first-order chi connectivity index (χ1) is 10.8. The van der Waals surface area contributed by atoms with Crippen LogP contribution in [0.15, 0.2) is 42.0 Å². The van der Waals surface area contributed by atoms with Crippen LogP contribution in [-0.2, 0) is 0 Å². The van der Waals surface area contributed by atoms with Crippen LogP contribution in [0.2, 0.25) is 19.6 Å². The van der Waals surface area contributed by atoms with Crippen molar-refractivity contribution in [2.24, 2.45) is 0 Å². The molecule has 0 aliphatic carbocycles. The first-order valence-electron chi connectivity index (χ1n) is 7.30. The van der Waals surface area contributed by atoms with Gasteiger partial charge in [-0.15, -0.1) is 5.54 Å². The van der Waals surface area contributed by atoms with Gasteiger partial charge in [0.1, 0.15) is 25.8 Å². The van der Waals surface area contributed by atoms with E-state index in [1.165, 1.54) is 0 Å². The van der Waals surface area contributed by atoms with E-state index >= 15 is 0 Å². The third kappa shape index (κ3) is 5.87. The SMILES string of the molecule is CN(C)c1ccc(C(/C=C/C#C[Si](C)(C)C)=C(C#N)C#N)cc1. The zero-order valence-electron chi connectivity index (χ0n) is 14.3. The number of nitrogens with zero attached hydrogens (tertiary/aromatic N) is 3. The molecule has 0 fully saturated rings. The van der Waals surface area contributed by atoms with Crippen LogP contribution in [0.4, 0.5) is 5.69 Å². The highest BCUT2D eigenvalue weighted by molar-refractivity contribution is 6.83. The van der Waals surface area contributed by atoms with E-state index in [1.807, 2.05) is 55.4 Å². The van der Waals surface area contributed by atoms with Crippen molar-refractivity contribution in [3.8, 4) is 23.6 Å². The van der Waals surface area contributed by atoms with Gasteiger partial charge < -0.3 is 4.90 Å². The number of rotatable bonds is 3. The van der Waals surface area contributed by atoms with E-state index in [1.54, 1.807) is 12.2 Å². The molecular weight excluding hydrogens is 298 g/mol. The lowest BCUT2D eigenvalue weighted by molar-refractivity contribution is 1.13. The molecule has 0 aliphatic rings. The highest BCUT2D eigenvalue weighted by Crippen LogP contribution is 2.22. The Balaban J connectivity index is 3.26. The summed E-state index contributed by atoms with van der Waals surface area (Å²) in [6.45, 7) is 6.50. The molecule has 0 spiro atoms. The summed E-state index contributed by atoms with van der Waals surface area (Å²) in [5.41, 5.74) is 5.82. The van der Waals surface area contributed by atoms with Gasteiger partial charge in [-0.2, -0.15) is 10.5 Å². The molecule has 116 valence electrons. The molecule has 4 heteroatoms. The van der Waals surface area contributed by atoms with Crippen molar-refractivity contribution in [3.05, 3.63) is 47.6 Å². The van der Waals surface area contributed by atoms with Crippen molar-refractivity contribution >= 4 is 19.3 Å². The van der Waals surface area contributed by atoms with E-state index in [9.17, 15) is 10.5 Å². The number of nitriles is 2. The van der Waals surface area contributed by atoms with Crippen LogP contribution >= 0.6 is 0 Å². The Kier molecular flexibility index (Phi) is 6.40. The van der Waals surface area contributed by atoms with Gasteiger partial charge in [-0.3, -0.25) is 0 Å². The molecule has 0 aromatic heterocycles. The monoisotopic (exact) mass is 319 g/mol.